The lowest BCUT2D eigenvalue weighted by Crippen LogP contribution is -2.28. The monoisotopic (exact) mass is 256 g/mol. The molecule has 0 aliphatic heterocycles. The minimum atomic E-state index is 0.241. The van der Waals surface area contributed by atoms with E-state index in [1.165, 1.54) is 0 Å². The van der Waals surface area contributed by atoms with Crippen LogP contribution < -0.4 is 16.2 Å². The third-order valence-corrected chi connectivity index (χ3v) is 3.31. The van der Waals surface area contributed by atoms with Crippen molar-refractivity contribution < 1.29 is 4.74 Å². The van der Waals surface area contributed by atoms with Crippen LogP contribution in [0.2, 0.25) is 5.02 Å². The number of hydrogen-bond donors (Lipinski definition) is 2. The molecule has 1 unspecified atom stereocenters. The smallest absolute Gasteiger partial charge is 0.122 e. The zero-order valence-electron chi connectivity index (χ0n) is 10.4. The quantitative estimate of drug-likeness (QED) is 0.822. The Morgan fingerprint density at radius 2 is 1.94 bits per heavy atom. The van der Waals surface area contributed by atoms with Crippen molar-refractivity contribution in [2.45, 2.75) is 19.8 Å². The molecule has 0 bridgehead atoms. The normalized spacial score (nSPS) is 12.8. The molecular weight excluding hydrogens is 236 g/mol. The van der Waals surface area contributed by atoms with Crippen molar-refractivity contribution in [1.82, 2.24) is 0 Å². The van der Waals surface area contributed by atoms with Gasteiger partial charge in [-0.15, -0.1) is 0 Å². The molecule has 0 saturated carbocycles. The lowest BCUT2D eigenvalue weighted by molar-refractivity contribution is 0.329. The number of nitrogens with two attached hydrogens (primary N) is 2. The summed E-state index contributed by atoms with van der Waals surface area (Å²) < 4.78 is 5.61. The predicted molar refractivity (Wildman–Crippen MR) is 72.6 cm³/mol. The van der Waals surface area contributed by atoms with E-state index in [0.717, 1.165) is 11.3 Å². The van der Waals surface area contributed by atoms with E-state index < -0.39 is 0 Å². The highest BCUT2D eigenvalue weighted by atomic mass is 35.5. The first-order valence-electron chi connectivity index (χ1n) is 5.96. The van der Waals surface area contributed by atoms with Gasteiger partial charge in [-0.3, -0.25) is 0 Å². The minimum Gasteiger partial charge on any atom is -0.494 e. The van der Waals surface area contributed by atoms with Crippen LogP contribution >= 0.6 is 11.6 Å². The highest BCUT2D eigenvalue weighted by Crippen LogP contribution is 2.33. The van der Waals surface area contributed by atoms with Gasteiger partial charge >= 0.3 is 0 Å². The Bertz CT molecular complexity index is 353. The van der Waals surface area contributed by atoms with Gasteiger partial charge in [0.25, 0.3) is 0 Å². The molecule has 1 rings (SSSR count). The van der Waals surface area contributed by atoms with Gasteiger partial charge in [0.1, 0.15) is 5.75 Å². The molecule has 17 heavy (non-hydrogen) atoms. The van der Waals surface area contributed by atoms with Crippen LogP contribution in [0.3, 0.4) is 0 Å². The largest absolute Gasteiger partial charge is 0.494 e. The fourth-order valence-electron chi connectivity index (χ4n) is 1.92. The standard InChI is InChI=1S/C13H21ClN2O/c1-3-17-13-5-4-11(14)6-12(13)9(2)10(7-15)8-16/h4-6,9-10H,3,7-8,15-16H2,1-2H3. The van der Waals surface area contributed by atoms with E-state index in [9.17, 15) is 0 Å². The van der Waals surface area contributed by atoms with E-state index in [-0.39, 0.29) is 11.8 Å². The van der Waals surface area contributed by atoms with Gasteiger partial charge < -0.3 is 16.2 Å². The maximum atomic E-state index is 6.03. The first-order chi connectivity index (χ1) is 8.13. The number of ether oxygens (including phenoxy) is 1. The summed E-state index contributed by atoms with van der Waals surface area (Å²) >= 11 is 6.03. The predicted octanol–water partition coefficient (Wildman–Crippen LogP) is 2.38. The van der Waals surface area contributed by atoms with Gasteiger partial charge in [-0.2, -0.15) is 0 Å². The first-order valence-corrected chi connectivity index (χ1v) is 6.34. The van der Waals surface area contributed by atoms with Crippen molar-refractivity contribution in [3.05, 3.63) is 28.8 Å². The minimum absolute atomic E-state index is 0.241. The van der Waals surface area contributed by atoms with Gasteiger partial charge in [0.05, 0.1) is 6.61 Å². The Kier molecular flexibility index (Phi) is 5.75. The third-order valence-electron chi connectivity index (χ3n) is 3.07. The second-order valence-electron chi connectivity index (χ2n) is 4.14. The molecule has 1 atom stereocenters. The molecule has 1 aromatic rings. The lowest BCUT2D eigenvalue weighted by Gasteiger charge is -2.23. The van der Waals surface area contributed by atoms with Crippen LogP contribution in [-0.4, -0.2) is 19.7 Å². The summed E-state index contributed by atoms with van der Waals surface area (Å²) in [5, 5.41) is 0.711. The van der Waals surface area contributed by atoms with E-state index in [0.29, 0.717) is 24.7 Å². The van der Waals surface area contributed by atoms with Gasteiger partial charge in [-0.1, -0.05) is 18.5 Å². The van der Waals surface area contributed by atoms with Crippen molar-refractivity contribution in [3.63, 3.8) is 0 Å². The Balaban J connectivity index is 3.04. The van der Waals surface area contributed by atoms with E-state index in [2.05, 4.69) is 6.92 Å². The van der Waals surface area contributed by atoms with Crippen LogP contribution in [0, 0.1) is 5.92 Å². The molecule has 96 valence electrons. The summed E-state index contributed by atoms with van der Waals surface area (Å²) in [5.41, 5.74) is 12.5. The van der Waals surface area contributed by atoms with Crippen LogP contribution in [0.25, 0.3) is 0 Å². The number of rotatable bonds is 6. The molecule has 0 spiro atoms. The van der Waals surface area contributed by atoms with Crippen molar-refractivity contribution in [1.29, 1.82) is 0 Å². The molecular formula is C13H21ClN2O. The SMILES string of the molecule is CCOc1ccc(Cl)cc1C(C)C(CN)CN. The molecule has 4 N–H and O–H groups in total. The molecule has 0 aromatic heterocycles. The zero-order valence-corrected chi connectivity index (χ0v) is 11.2. The summed E-state index contributed by atoms with van der Waals surface area (Å²) in [6.07, 6.45) is 0. The average Bonchev–Trinajstić information content (AvgIpc) is 2.33. The molecule has 3 nitrogen and oxygen atoms in total. The molecule has 0 fully saturated rings. The van der Waals surface area contributed by atoms with Crippen molar-refractivity contribution in [2.75, 3.05) is 19.7 Å². The lowest BCUT2D eigenvalue weighted by atomic mass is 9.87. The summed E-state index contributed by atoms with van der Waals surface area (Å²) in [6, 6.07) is 5.68. The maximum Gasteiger partial charge on any atom is 0.122 e. The fraction of sp³-hybridized carbons (Fsp3) is 0.538. The Labute approximate surface area is 108 Å². The Morgan fingerprint density at radius 3 is 2.47 bits per heavy atom. The zero-order chi connectivity index (χ0) is 12.8. The second kappa shape index (κ2) is 6.84. The van der Waals surface area contributed by atoms with Gasteiger partial charge in [-0.25, -0.2) is 0 Å². The molecule has 0 aliphatic rings. The van der Waals surface area contributed by atoms with E-state index >= 15 is 0 Å². The Hall–Kier alpha value is -0.770. The summed E-state index contributed by atoms with van der Waals surface area (Å²) in [5.74, 6) is 1.36. The summed E-state index contributed by atoms with van der Waals surface area (Å²) in [7, 11) is 0. The number of hydrogen-bond acceptors (Lipinski definition) is 3. The second-order valence-corrected chi connectivity index (χ2v) is 4.57. The average molecular weight is 257 g/mol. The molecule has 0 heterocycles. The van der Waals surface area contributed by atoms with Crippen molar-refractivity contribution in [2.24, 2.45) is 17.4 Å². The third kappa shape index (κ3) is 3.60. The van der Waals surface area contributed by atoms with Gasteiger partial charge in [0, 0.05) is 5.02 Å². The Morgan fingerprint density at radius 1 is 1.29 bits per heavy atom. The van der Waals surface area contributed by atoms with Crippen molar-refractivity contribution in [3.8, 4) is 5.75 Å². The van der Waals surface area contributed by atoms with Crippen LogP contribution in [0.15, 0.2) is 18.2 Å². The van der Waals surface area contributed by atoms with Crippen LogP contribution in [-0.2, 0) is 0 Å². The van der Waals surface area contributed by atoms with Crippen LogP contribution in [0.4, 0.5) is 0 Å². The van der Waals surface area contributed by atoms with Gasteiger partial charge in [-0.05, 0) is 55.6 Å². The molecule has 1 aromatic carbocycles. The van der Waals surface area contributed by atoms with Crippen LogP contribution in [0.1, 0.15) is 25.3 Å². The number of benzene rings is 1. The fourth-order valence-corrected chi connectivity index (χ4v) is 2.10. The molecule has 4 heteroatoms. The molecule has 0 saturated heterocycles. The molecule has 0 aliphatic carbocycles. The number of halogens is 1. The maximum absolute atomic E-state index is 6.03. The summed E-state index contributed by atoms with van der Waals surface area (Å²) in [4.78, 5) is 0. The van der Waals surface area contributed by atoms with Crippen molar-refractivity contribution >= 4 is 11.6 Å². The highest BCUT2D eigenvalue weighted by Gasteiger charge is 2.20. The van der Waals surface area contributed by atoms with E-state index in [1.807, 2.05) is 25.1 Å². The summed E-state index contributed by atoms with van der Waals surface area (Å²) in [6.45, 7) is 5.84. The highest BCUT2D eigenvalue weighted by molar-refractivity contribution is 6.30. The first kappa shape index (κ1) is 14.3. The topological polar surface area (TPSA) is 61.3 Å². The van der Waals surface area contributed by atoms with E-state index in [4.69, 9.17) is 27.8 Å². The van der Waals surface area contributed by atoms with E-state index in [1.54, 1.807) is 0 Å². The van der Waals surface area contributed by atoms with Gasteiger partial charge in [0.15, 0.2) is 0 Å². The molecule has 0 radical (unpaired) electrons. The molecule has 0 amide bonds. The van der Waals surface area contributed by atoms with Crippen LogP contribution in [0.5, 0.6) is 5.75 Å². The van der Waals surface area contributed by atoms with Gasteiger partial charge in [0.2, 0.25) is 0 Å².